The maximum absolute atomic E-state index is 12.4. The molecule has 0 fully saturated rings. The summed E-state index contributed by atoms with van der Waals surface area (Å²) >= 11 is 3.24. The number of carboxylic acid groups (broad SMARTS) is 1. The summed E-state index contributed by atoms with van der Waals surface area (Å²) in [7, 11) is 0. The molecule has 0 heterocycles. The van der Waals surface area contributed by atoms with Crippen LogP contribution >= 0.6 is 15.9 Å². The molecule has 2 aromatic carbocycles. The Morgan fingerprint density at radius 2 is 1.78 bits per heavy atom. The molecule has 1 atom stereocenters. The van der Waals surface area contributed by atoms with Crippen LogP contribution in [-0.4, -0.2) is 23.2 Å². The number of hydrogen-bond acceptors (Lipinski definition) is 2. The lowest BCUT2D eigenvalue weighted by Crippen LogP contribution is -2.34. The predicted octanol–water partition coefficient (Wildman–Crippen LogP) is 4.89. The van der Waals surface area contributed by atoms with Crippen molar-refractivity contribution in [2.75, 3.05) is 0 Å². The molecular formula is C19H17BrF3NO3. The number of carboxylic acids is 1. The Balaban J connectivity index is 2.26. The highest BCUT2D eigenvalue weighted by atomic mass is 79.9. The number of alkyl halides is 3. The second-order valence-electron chi connectivity index (χ2n) is 5.92. The summed E-state index contributed by atoms with van der Waals surface area (Å²) in [5, 5.41) is 12.0. The Morgan fingerprint density at radius 3 is 2.37 bits per heavy atom. The monoisotopic (exact) mass is 443 g/mol. The Morgan fingerprint density at radius 1 is 1.11 bits per heavy atom. The van der Waals surface area contributed by atoms with Gasteiger partial charge in [0, 0.05) is 16.5 Å². The Kier molecular flexibility index (Phi) is 7.01. The number of aryl methyl sites for hydroxylation is 1. The molecule has 0 aliphatic carbocycles. The number of nitrogens with one attached hydrogen (secondary N) is 1. The first-order chi connectivity index (χ1) is 12.7. The number of hydrogen-bond donors (Lipinski definition) is 2. The summed E-state index contributed by atoms with van der Waals surface area (Å²) in [6.07, 6.45) is -5.36. The van der Waals surface area contributed by atoms with E-state index in [1.54, 1.807) is 42.5 Å². The Hall–Kier alpha value is -2.35. The van der Waals surface area contributed by atoms with Crippen molar-refractivity contribution in [1.82, 2.24) is 5.32 Å². The smallest absolute Gasteiger partial charge is 0.389 e. The fourth-order valence-corrected chi connectivity index (χ4v) is 3.00. The molecule has 0 aromatic heterocycles. The van der Waals surface area contributed by atoms with E-state index in [0.717, 1.165) is 0 Å². The number of amides is 1. The van der Waals surface area contributed by atoms with Gasteiger partial charge in [-0.05, 0) is 48.2 Å². The number of rotatable bonds is 7. The first-order valence-electron chi connectivity index (χ1n) is 8.11. The number of aliphatic carboxylic acids is 1. The lowest BCUT2D eigenvalue weighted by molar-refractivity contribution is -0.139. The maximum atomic E-state index is 12.4. The van der Waals surface area contributed by atoms with Gasteiger partial charge in [0.05, 0.1) is 0 Å². The lowest BCUT2D eigenvalue weighted by atomic mass is 9.96. The van der Waals surface area contributed by atoms with Crippen LogP contribution in [0.25, 0.3) is 0 Å². The van der Waals surface area contributed by atoms with E-state index in [0.29, 0.717) is 10.0 Å². The van der Waals surface area contributed by atoms with Crippen molar-refractivity contribution < 1.29 is 27.9 Å². The largest absolute Gasteiger partial charge is 0.479 e. The third-order valence-corrected chi connectivity index (χ3v) is 4.38. The van der Waals surface area contributed by atoms with Crippen molar-refractivity contribution in [3.8, 4) is 0 Å². The SMILES string of the molecule is O=C(NC(C(=O)O)c1cc(Br)ccc1CCCC(F)(F)F)c1ccccc1. The molecule has 4 nitrogen and oxygen atoms in total. The Bertz CT molecular complexity index is 810. The summed E-state index contributed by atoms with van der Waals surface area (Å²) in [6.45, 7) is 0. The topological polar surface area (TPSA) is 66.4 Å². The van der Waals surface area contributed by atoms with E-state index in [4.69, 9.17) is 0 Å². The molecule has 0 radical (unpaired) electrons. The van der Waals surface area contributed by atoms with E-state index in [2.05, 4.69) is 21.2 Å². The standard InChI is InChI=1S/C19H17BrF3NO3/c20-14-9-8-12(7-4-10-19(21,22)23)15(11-14)16(18(26)27)24-17(25)13-5-2-1-3-6-13/h1-3,5-6,8-9,11,16H,4,7,10H2,(H,24,25)(H,26,27). The highest BCUT2D eigenvalue weighted by molar-refractivity contribution is 9.10. The first kappa shape index (κ1) is 21.0. The fourth-order valence-electron chi connectivity index (χ4n) is 2.62. The van der Waals surface area contributed by atoms with Gasteiger partial charge in [0.15, 0.2) is 6.04 Å². The van der Waals surface area contributed by atoms with E-state index >= 15 is 0 Å². The molecule has 2 N–H and O–H groups in total. The number of carbonyl (C=O) groups is 2. The second kappa shape index (κ2) is 9.03. The van der Waals surface area contributed by atoms with E-state index in [9.17, 15) is 27.9 Å². The van der Waals surface area contributed by atoms with E-state index in [-0.39, 0.29) is 24.0 Å². The van der Waals surface area contributed by atoms with Gasteiger partial charge < -0.3 is 10.4 Å². The number of benzene rings is 2. The molecular weight excluding hydrogens is 427 g/mol. The molecule has 0 aliphatic rings. The average molecular weight is 444 g/mol. The van der Waals surface area contributed by atoms with Crippen LogP contribution in [0.3, 0.4) is 0 Å². The van der Waals surface area contributed by atoms with Crippen LogP contribution in [-0.2, 0) is 11.2 Å². The Labute approximate surface area is 162 Å². The van der Waals surface area contributed by atoms with Crippen molar-refractivity contribution in [1.29, 1.82) is 0 Å². The highest BCUT2D eigenvalue weighted by Crippen LogP contribution is 2.27. The number of halogens is 4. The van der Waals surface area contributed by atoms with Crippen LogP contribution in [0.15, 0.2) is 53.0 Å². The summed E-state index contributed by atoms with van der Waals surface area (Å²) in [6, 6.07) is 11.4. The van der Waals surface area contributed by atoms with E-state index in [1.807, 2.05) is 0 Å². The molecule has 27 heavy (non-hydrogen) atoms. The van der Waals surface area contributed by atoms with Gasteiger partial charge in [-0.2, -0.15) is 13.2 Å². The van der Waals surface area contributed by atoms with Gasteiger partial charge in [-0.25, -0.2) is 4.79 Å². The molecule has 144 valence electrons. The third kappa shape index (κ3) is 6.39. The molecule has 0 saturated carbocycles. The van der Waals surface area contributed by atoms with Crippen molar-refractivity contribution in [2.45, 2.75) is 31.5 Å². The lowest BCUT2D eigenvalue weighted by Gasteiger charge is -2.19. The normalized spacial score (nSPS) is 12.4. The minimum Gasteiger partial charge on any atom is -0.479 e. The molecule has 0 spiro atoms. The minimum atomic E-state index is -4.27. The van der Waals surface area contributed by atoms with Crippen LogP contribution in [0.4, 0.5) is 13.2 Å². The van der Waals surface area contributed by atoms with E-state index in [1.165, 1.54) is 6.07 Å². The molecule has 0 saturated heterocycles. The first-order valence-corrected chi connectivity index (χ1v) is 8.90. The van der Waals surface area contributed by atoms with Crippen molar-refractivity contribution >= 4 is 27.8 Å². The molecule has 0 bridgehead atoms. The van der Waals surface area contributed by atoms with Crippen molar-refractivity contribution in [3.63, 3.8) is 0 Å². The molecule has 8 heteroatoms. The summed E-state index contributed by atoms with van der Waals surface area (Å²) in [5.41, 5.74) is 0.990. The average Bonchev–Trinajstić information content (AvgIpc) is 2.60. The van der Waals surface area contributed by atoms with Gasteiger partial charge >= 0.3 is 12.1 Å². The quantitative estimate of drug-likeness (QED) is 0.639. The zero-order valence-electron chi connectivity index (χ0n) is 14.1. The number of carbonyl (C=O) groups excluding carboxylic acids is 1. The van der Waals surface area contributed by atoms with Crippen LogP contribution in [0, 0.1) is 0 Å². The maximum Gasteiger partial charge on any atom is 0.389 e. The van der Waals surface area contributed by atoms with Crippen molar-refractivity contribution in [2.24, 2.45) is 0 Å². The minimum absolute atomic E-state index is 0.0487. The zero-order valence-corrected chi connectivity index (χ0v) is 15.7. The molecule has 2 aromatic rings. The second-order valence-corrected chi connectivity index (χ2v) is 6.84. The summed E-state index contributed by atoms with van der Waals surface area (Å²) in [4.78, 5) is 24.1. The fraction of sp³-hybridized carbons (Fsp3) is 0.263. The third-order valence-electron chi connectivity index (χ3n) is 3.88. The molecule has 1 amide bonds. The molecule has 2 rings (SSSR count). The molecule has 1 unspecified atom stereocenters. The van der Waals surface area contributed by atoms with Gasteiger partial charge in [-0.3, -0.25) is 4.79 Å². The van der Waals surface area contributed by atoms with E-state index < -0.39 is 30.5 Å². The van der Waals surface area contributed by atoms with Crippen LogP contribution in [0.5, 0.6) is 0 Å². The zero-order chi connectivity index (χ0) is 20.0. The van der Waals surface area contributed by atoms with Gasteiger partial charge in [0.2, 0.25) is 0 Å². The molecule has 0 aliphatic heterocycles. The van der Waals surface area contributed by atoms with Gasteiger partial charge in [0.1, 0.15) is 0 Å². The van der Waals surface area contributed by atoms with Gasteiger partial charge in [-0.1, -0.05) is 40.2 Å². The van der Waals surface area contributed by atoms with Crippen molar-refractivity contribution in [3.05, 3.63) is 69.7 Å². The summed E-state index contributed by atoms with van der Waals surface area (Å²) in [5.74, 6) is -1.88. The van der Waals surface area contributed by atoms with Gasteiger partial charge in [-0.15, -0.1) is 0 Å². The summed E-state index contributed by atoms with van der Waals surface area (Å²) < 4.78 is 37.8. The van der Waals surface area contributed by atoms with Gasteiger partial charge in [0.25, 0.3) is 5.91 Å². The van der Waals surface area contributed by atoms with Crippen LogP contribution in [0.1, 0.15) is 40.4 Å². The van der Waals surface area contributed by atoms with Crippen LogP contribution in [0.2, 0.25) is 0 Å². The van der Waals surface area contributed by atoms with Crippen LogP contribution < -0.4 is 5.32 Å². The predicted molar refractivity (Wildman–Crippen MR) is 97.4 cm³/mol. The highest BCUT2D eigenvalue weighted by Gasteiger charge is 2.28.